The monoisotopic (exact) mass is 546 g/mol. The van der Waals surface area contributed by atoms with Gasteiger partial charge in [0.2, 0.25) is 0 Å². The van der Waals surface area contributed by atoms with Gasteiger partial charge in [-0.15, -0.1) is 0 Å². The maximum atomic E-state index is 14.2. The molecule has 10 heteroatoms. The third-order valence-corrected chi connectivity index (χ3v) is 8.25. The Morgan fingerprint density at radius 2 is 1.87 bits per heavy atom. The molecule has 0 unspecified atom stereocenters. The fraction of sp³-hybridized carbons (Fsp3) is 0.310. The van der Waals surface area contributed by atoms with Crippen LogP contribution in [0.25, 0.3) is 5.57 Å². The van der Waals surface area contributed by atoms with Gasteiger partial charge in [0.25, 0.3) is 17.4 Å². The first-order chi connectivity index (χ1) is 18.8. The zero-order valence-corrected chi connectivity index (χ0v) is 23.3. The van der Waals surface area contributed by atoms with Gasteiger partial charge >= 0.3 is 0 Å². The van der Waals surface area contributed by atoms with E-state index in [0.717, 1.165) is 24.2 Å². The van der Waals surface area contributed by atoms with Crippen molar-refractivity contribution in [3.63, 3.8) is 0 Å². The zero-order chi connectivity index (χ0) is 27.8. The summed E-state index contributed by atoms with van der Waals surface area (Å²) in [6, 6.07) is 11.6. The number of hydrogen-bond donors (Lipinski definition) is 2. The molecule has 2 aliphatic rings. The number of carbonyl (C=O) groups excluding carboxylic acids is 2. The second-order valence-electron chi connectivity index (χ2n) is 9.37. The Balaban J connectivity index is 1.81. The molecule has 0 fully saturated rings. The van der Waals surface area contributed by atoms with Crippen LogP contribution in [0.4, 0.5) is 5.69 Å². The molecule has 0 aliphatic carbocycles. The molecule has 39 heavy (non-hydrogen) atoms. The molecular weight excluding hydrogens is 516 g/mol. The number of amides is 2. The van der Waals surface area contributed by atoms with Crippen molar-refractivity contribution in [1.29, 1.82) is 0 Å². The minimum atomic E-state index is -0.852. The van der Waals surface area contributed by atoms with Gasteiger partial charge in [-0.25, -0.2) is 4.99 Å². The third-order valence-electron chi connectivity index (χ3n) is 7.19. The van der Waals surface area contributed by atoms with Gasteiger partial charge in [-0.2, -0.15) is 0 Å². The highest BCUT2D eigenvalue weighted by atomic mass is 32.1. The topological polar surface area (TPSA) is 111 Å². The van der Waals surface area contributed by atoms with Crippen LogP contribution in [-0.2, 0) is 9.59 Å². The first-order valence-electron chi connectivity index (χ1n) is 12.8. The van der Waals surface area contributed by atoms with E-state index in [1.165, 1.54) is 11.7 Å². The summed E-state index contributed by atoms with van der Waals surface area (Å²) in [6.07, 6.45) is 1.53. The van der Waals surface area contributed by atoms with Crippen molar-refractivity contribution in [3.8, 4) is 11.5 Å². The van der Waals surface area contributed by atoms with E-state index in [1.807, 2.05) is 32.0 Å². The summed E-state index contributed by atoms with van der Waals surface area (Å²) in [5.41, 5.74) is 2.61. The molecule has 0 saturated carbocycles. The molecule has 202 valence electrons. The number of thiazole rings is 1. The number of anilines is 1. The molecule has 3 heterocycles. The number of nitrogens with zero attached hydrogens (tertiary/aromatic N) is 2. The maximum Gasteiger partial charge on any atom is 0.271 e. The number of nitrogens with one attached hydrogen (secondary N) is 2. The second kappa shape index (κ2) is 10.5. The van der Waals surface area contributed by atoms with E-state index in [2.05, 4.69) is 10.6 Å². The standard InChI is InChI=1S/C29H30N4O5S/c1-6-16(7-2)31-26(34)22-15(3)30-29-33(24(22)19-14-17(37-4)12-13-21(19)38-5)28(36)25(39-29)23-18-10-8-9-11-20(18)32-27(23)35/h8-14,16,24H,6-7H2,1-5H3,(H,31,34)(H,32,35)/b25-23-/t24-/m1/s1. The molecule has 0 bridgehead atoms. The largest absolute Gasteiger partial charge is 0.497 e. The SMILES string of the molecule is CCC(CC)NC(=O)C1=C(C)N=c2s/c(=C3\C(=O)Nc4ccccc43)c(=O)n2[C@@H]1c1cc(OC)ccc1OC. The van der Waals surface area contributed by atoms with Crippen molar-refractivity contribution in [2.24, 2.45) is 4.99 Å². The van der Waals surface area contributed by atoms with Crippen molar-refractivity contribution < 1.29 is 19.1 Å². The summed E-state index contributed by atoms with van der Waals surface area (Å²) < 4.78 is 12.9. The van der Waals surface area contributed by atoms with E-state index < -0.39 is 11.6 Å². The molecule has 2 amide bonds. The van der Waals surface area contributed by atoms with Gasteiger partial charge < -0.3 is 20.1 Å². The van der Waals surface area contributed by atoms with Crippen molar-refractivity contribution in [1.82, 2.24) is 9.88 Å². The number of aromatic nitrogens is 1. The quantitative estimate of drug-likeness (QED) is 0.474. The van der Waals surface area contributed by atoms with E-state index in [0.29, 0.717) is 50.0 Å². The van der Waals surface area contributed by atoms with Crippen molar-refractivity contribution >= 4 is 34.4 Å². The molecule has 1 atom stereocenters. The number of carbonyl (C=O) groups is 2. The molecule has 0 spiro atoms. The normalized spacial score (nSPS) is 17.4. The van der Waals surface area contributed by atoms with Gasteiger partial charge in [0.1, 0.15) is 22.1 Å². The lowest BCUT2D eigenvalue weighted by Crippen LogP contribution is -2.44. The molecule has 2 aromatic carbocycles. The highest BCUT2D eigenvalue weighted by molar-refractivity contribution is 7.07. The van der Waals surface area contributed by atoms with Crippen LogP contribution in [0.3, 0.4) is 0 Å². The Labute approximate surface area is 229 Å². The molecule has 9 nitrogen and oxygen atoms in total. The number of fused-ring (bicyclic) bond motifs is 2. The lowest BCUT2D eigenvalue weighted by atomic mass is 9.93. The van der Waals surface area contributed by atoms with Gasteiger partial charge in [-0.05, 0) is 44.0 Å². The number of ether oxygens (including phenoxy) is 2. The Hall–Kier alpha value is -4.18. The van der Waals surface area contributed by atoms with Gasteiger partial charge in [0, 0.05) is 22.9 Å². The van der Waals surface area contributed by atoms with E-state index in [4.69, 9.17) is 14.5 Å². The third kappa shape index (κ3) is 4.44. The zero-order valence-electron chi connectivity index (χ0n) is 22.5. The van der Waals surface area contributed by atoms with Crippen LogP contribution in [0.15, 0.2) is 63.5 Å². The average Bonchev–Trinajstić information content (AvgIpc) is 3.44. The lowest BCUT2D eigenvalue weighted by molar-refractivity contribution is -0.118. The first kappa shape index (κ1) is 26.4. The van der Waals surface area contributed by atoms with Crippen LogP contribution in [0.1, 0.15) is 50.8 Å². The van der Waals surface area contributed by atoms with Crippen LogP contribution >= 0.6 is 11.3 Å². The van der Waals surface area contributed by atoms with Crippen molar-refractivity contribution in [2.45, 2.75) is 45.7 Å². The van der Waals surface area contributed by atoms with Crippen molar-refractivity contribution in [3.05, 3.63) is 84.5 Å². The summed E-state index contributed by atoms with van der Waals surface area (Å²) >= 11 is 1.14. The summed E-state index contributed by atoms with van der Waals surface area (Å²) in [6.45, 7) is 5.79. The fourth-order valence-electron chi connectivity index (χ4n) is 5.11. The second-order valence-corrected chi connectivity index (χ2v) is 10.3. The molecule has 3 aromatic rings. The van der Waals surface area contributed by atoms with E-state index in [1.54, 1.807) is 38.3 Å². The Bertz CT molecular complexity index is 1700. The van der Waals surface area contributed by atoms with Gasteiger partial charge in [0.15, 0.2) is 4.80 Å². The molecule has 2 aliphatic heterocycles. The van der Waals surface area contributed by atoms with Gasteiger partial charge in [-0.3, -0.25) is 19.0 Å². The van der Waals surface area contributed by atoms with Crippen LogP contribution < -0.4 is 35.0 Å². The Morgan fingerprint density at radius 1 is 1.13 bits per heavy atom. The smallest absolute Gasteiger partial charge is 0.271 e. The van der Waals surface area contributed by atoms with Crippen LogP contribution in [0.5, 0.6) is 11.5 Å². The summed E-state index contributed by atoms with van der Waals surface area (Å²) in [5.74, 6) is 0.390. The number of para-hydroxylation sites is 1. The van der Waals surface area contributed by atoms with E-state index >= 15 is 0 Å². The Kier molecular flexibility index (Phi) is 7.14. The van der Waals surface area contributed by atoms with E-state index in [-0.39, 0.29) is 22.4 Å². The van der Waals surface area contributed by atoms with Crippen LogP contribution in [0.2, 0.25) is 0 Å². The number of allylic oxidation sites excluding steroid dienone is 1. The van der Waals surface area contributed by atoms with Gasteiger partial charge in [-0.1, -0.05) is 43.4 Å². The molecule has 0 saturated heterocycles. The van der Waals surface area contributed by atoms with Crippen LogP contribution in [0, 0.1) is 0 Å². The summed E-state index contributed by atoms with van der Waals surface area (Å²) in [4.78, 5) is 46.1. The average molecular weight is 547 g/mol. The summed E-state index contributed by atoms with van der Waals surface area (Å²) in [7, 11) is 3.09. The maximum absolute atomic E-state index is 14.2. The number of methoxy groups -OCH3 is 2. The van der Waals surface area contributed by atoms with E-state index in [9.17, 15) is 14.4 Å². The molecule has 5 rings (SSSR count). The molecule has 1 aromatic heterocycles. The predicted molar refractivity (Wildman–Crippen MR) is 150 cm³/mol. The van der Waals surface area contributed by atoms with Crippen molar-refractivity contribution in [2.75, 3.05) is 19.5 Å². The molecular formula is C29H30N4O5S. The first-order valence-corrected chi connectivity index (χ1v) is 13.6. The fourth-order valence-corrected chi connectivity index (χ4v) is 6.25. The highest BCUT2D eigenvalue weighted by Gasteiger charge is 2.36. The number of hydrogen-bond acceptors (Lipinski definition) is 7. The minimum Gasteiger partial charge on any atom is -0.497 e. The van der Waals surface area contributed by atoms with Crippen LogP contribution in [-0.4, -0.2) is 36.6 Å². The molecule has 0 radical (unpaired) electrons. The predicted octanol–water partition coefficient (Wildman–Crippen LogP) is 2.88. The summed E-state index contributed by atoms with van der Waals surface area (Å²) in [5, 5.41) is 5.95. The highest BCUT2D eigenvalue weighted by Crippen LogP contribution is 2.38. The lowest BCUT2D eigenvalue weighted by Gasteiger charge is -2.28. The van der Waals surface area contributed by atoms with Gasteiger partial charge in [0.05, 0.1) is 31.1 Å². The minimum absolute atomic E-state index is 0.0314. The molecule has 2 N–H and O–H groups in total. The number of rotatable bonds is 7. The number of benzene rings is 2. The Morgan fingerprint density at radius 3 is 2.56 bits per heavy atom.